The zero-order valence-corrected chi connectivity index (χ0v) is 15.2. The first-order chi connectivity index (χ1) is 12.1. The third kappa shape index (κ3) is 6.72. The molecule has 0 aromatic heterocycles. The van der Waals surface area contributed by atoms with Crippen LogP contribution in [0.1, 0.15) is 24.2 Å². The third-order valence-electron chi connectivity index (χ3n) is 3.82. The van der Waals surface area contributed by atoms with Crippen LogP contribution in [0.3, 0.4) is 0 Å². The van der Waals surface area contributed by atoms with E-state index in [9.17, 15) is 4.79 Å². The number of benzene rings is 1. The van der Waals surface area contributed by atoms with Crippen LogP contribution in [0.5, 0.6) is 5.75 Å². The number of hydrogen-bond donors (Lipinski definition) is 2. The number of hydrogen-bond acceptors (Lipinski definition) is 5. The van der Waals surface area contributed by atoms with Crippen molar-refractivity contribution in [3.05, 3.63) is 29.8 Å². The minimum Gasteiger partial charge on any atom is -0.497 e. The Labute approximate surface area is 149 Å². The Hall–Kier alpha value is -2.12. The second-order valence-corrected chi connectivity index (χ2v) is 6.15. The van der Waals surface area contributed by atoms with Crippen LogP contribution in [-0.2, 0) is 9.47 Å². The Balaban J connectivity index is 1.95. The quantitative estimate of drug-likeness (QED) is 0.565. The van der Waals surface area contributed by atoms with Crippen molar-refractivity contribution in [2.24, 2.45) is 4.99 Å². The lowest BCUT2D eigenvalue weighted by atomic mass is 10.2. The normalized spacial score (nSPS) is 15.9. The number of amidine groups is 1. The second kappa shape index (κ2) is 10.0. The molecule has 138 valence electrons. The number of carbonyl (C=O) groups excluding carboxylic acids is 1. The SMILES string of the molecule is COc1cccc(C(=O)NC(=NCC[NH+]2CCOCC2)OC(C)C)c1. The lowest BCUT2D eigenvalue weighted by molar-refractivity contribution is -0.906. The number of quaternary nitrogens is 1. The van der Waals surface area contributed by atoms with Crippen molar-refractivity contribution in [3.8, 4) is 5.75 Å². The highest BCUT2D eigenvalue weighted by molar-refractivity contribution is 6.04. The minimum absolute atomic E-state index is 0.0694. The molecule has 0 aliphatic carbocycles. The molecule has 2 N–H and O–H groups in total. The Morgan fingerprint density at radius 2 is 2.12 bits per heavy atom. The molecule has 1 aliphatic rings. The molecule has 1 aromatic carbocycles. The van der Waals surface area contributed by atoms with Gasteiger partial charge >= 0.3 is 0 Å². The van der Waals surface area contributed by atoms with Gasteiger partial charge in [-0.15, -0.1) is 0 Å². The van der Waals surface area contributed by atoms with Crippen molar-refractivity contribution in [1.82, 2.24) is 5.32 Å². The van der Waals surface area contributed by atoms with Crippen LogP contribution in [0.2, 0.25) is 0 Å². The highest BCUT2D eigenvalue weighted by atomic mass is 16.5. The lowest BCUT2D eigenvalue weighted by Crippen LogP contribution is -3.14. The minimum atomic E-state index is -0.267. The van der Waals surface area contributed by atoms with E-state index in [2.05, 4.69) is 10.3 Å². The predicted molar refractivity (Wildman–Crippen MR) is 95.4 cm³/mol. The molecule has 7 heteroatoms. The number of nitrogens with zero attached hydrogens (tertiary/aromatic N) is 1. The molecule has 1 saturated heterocycles. The van der Waals surface area contributed by atoms with E-state index in [1.807, 2.05) is 13.8 Å². The van der Waals surface area contributed by atoms with E-state index in [-0.39, 0.29) is 18.0 Å². The van der Waals surface area contributed by atoms with Crippen molar-refractivity contribution in [2.75, 3.05) is 46.5 Å². The van der Waals surface area contributed by atoms with Gasteiger partial charge in [-0.1, -0.05) is 6.07 Å². The summed E-state index contributed by atoms with van der Waals surface area (Å²) in [6, 6.07) is 7.23. The van der Waals surface area contributed by atoms with E-state index in [4.69, 9.17) is 14.2 Å². The summed E-state index contributed by atoms with van der Waals surface area (Å²) < 4.78 is 16.1. The molecule has 0 unspecified atom stereocenters. The summed E-state index contributed by atoms with van der Waals surface area (Å²) in [4.78, 5) is 18.3. The molecule has 25 heavy (non-hydrogen) atoms. The monoisotopic (exact) mass is 350 g/mol. The smallest absolute Gasteiger partial charge is 0.292 e. The first-order valence-electron chi connectivity index (χ1n) is 8.66. The van der Waals surface area contributed by atoms with E-state index in [0.29, 0.717) is 17.9 Å². The van der Waals surface area contributed by atoms with Gasteiger partial charge in [0.05, 0.1) is 39.5 Å². The molecule has 1 heterocycles. The van der Waals surface area contributed by atoms with Crippen LogP contribution in [-0.4, -0.2) is 64.5 Å². The summed E-state index contributed by atoms with van der Waals surface area (Å²) in [6.45, 7) is 8.86. The zero-order chi connectivity index (χ0) is 18.1. The van der Waals surface area contributed by atoms with Crippen molar-refractivity contribution in [1.29, 1.82) is 0 Å². The highest BCUT2D eigenvalue weighted by Crippen LogP contribution is 2.12. The van der Waals surface area contributed by atoms with E-state index in [0.717, 1.165) is 32.8 Å². The maximum Gasteiger partial charge on any atom is 0.292 e. The van der Waals surface area contributed by atoms with Crippen molar-refractivity contribution >= 4 is 11.9 Å². The number of nitrogens with one attached hydrogen (secondary N) is 2. The van der Waals surface area contributed by atoms with Gasteiger partial charge in [0.2, 0.25) is 0 Å². The summed E-state index contributed by atoms with van der Waals surface area (Å²) in [7, 11) is 1.57. The second-order valence-electron chi connectivity index (χ2n) is 6.15. The predicted octanol–water partition coefficient (Wildman–Crippen LogP) is 0.121. The van der Waals surface area contributed by atoms with Crippen LogP contribution in [0.15, 0.2) is 29.3 Å². The molecule has 1 amide bonds. The van der Waals surface area contributed by atoms with Gasteiger partial charge in [0, 0.05) is 5.56 Å². The average Bonchev–Trinajstić information content (AvgIpc) is 2.62. The van der Waals surface area contributed by atoms with Gasteiger partial charge in [-0.25, -0.2) is 4.99 Å². The van der Waals surface area contributed by atoms with Gasteiger partial charge in [-0.3, -0.25) is 10.1 Å². The number of carbonyl (C=O) groups is 1. The molecule has 0 atom stereocenters. The van der Waals surface area contributed by atoms with Gasteiger partial charge in [0.1, 0.15) is 18.8 Å². The Bertz CT molecular complexity index is 583. The van der Waals surface area contributed by atoms with Crippen molar-refractivity contribution < 1.29 is 23.9 Å². The largest absolute Gasteiger partial charge is 0.497 e. The number of amides is 1. The summed E-state index contributed by atoms with van der Waals surface area (Å²) in [5.74, 6) is 0.365. The van der Waals surface area contributed by atoms with Crippen LogP contribution < -0.4 is 15.0 Å². The fourth-order valence-corrected chi connectivity index (χ4v) is 2.49. The fourth-order valence-electron chi connectivity index (χ4n) is 2.49. The lowest BCUT2D eigenvalue weighted by Gasteiger charge is -2.23. The molecular formula is C18H28N3O4+. The van der Waals surface area contributed by atoms with E-state index in [1.165, 1.54) is 4.90 Å². The van der Waals surface area contributed by atoms with Gasteiger partial charge in [-0.05, 0) is 32.0 Å². The van der Waals surface area contributed by atoms with E-state index < -0.39 is 0 Å². The molecule has 1 aliphatic heterocycles. The standard InChI is InChI=1S/C18H27N3O4/c1-14(2)25-18(19-7-8-21-9-11-24-12-10-21)20-17(22)15-5-4-6-16(13-15)23-3/h4-6,13-14H,7-12H2,1-3H3,(H,19,20,22)/p+1. The summed E-state index contributed by atoms with van der Waals surface area (Å²) in [6.07, 6.45) is -0.0694. The van der Waals surface area contributed by atoms with E-state index in [1.54, 1.807) is 31.4 Å². The molecule has 7 nitrogen and oxygen atoms in total. The number of ether oxygens (including phenoxy) is 3. The van der Waals surface area contributed by atoms with Crippen molar-refractivity contribution in [3.63, 3.8) is 0 Å². The van der Waals surface area contributed by atoms with Gasteiger partial charge in [0.15, 0.2) is 0 Å². The highest BCUT2D eigenvalue weighted by Gasteiger charge is 2.15. The van der Waals surface area contributed by atoms with Crippen LogP contribution in [0.25, 0.3) is 0 Å². The average molecular weight is 350 g/mol. The van der Waals surface area contributed by atoms with Gasteiger partial charge < -0.3 is 19.1 Å². The van der Waals surface area contributed by atoms with Crippen LogP contribution in [0.4, 0.5) is 0 Å². The molecule has 1 aromatic rings. The maximum absolute atomic E-state index is 12.4. The summed E-state index contributed by atoms with van der Waals surface area (Å²) >= 11 is 0. The molecule has 0 spiro atoms. The molecule has 2 rings (SSSR count). The number of rotatable bonds is 6. The summed E-state index contributed by atoms with van der Waals surface area (Å²) in [5.41, 5.74) is 0.498. The first kappa shape index (κ1) is 19.2. The zero-order valence-electron chi connectivity index (χ0n) is 15.2. The Morgan fingerprint density at radius 3 is 2.80 bits per heavy atom. The first-order valence-corrected chi connectivity index (χ1v) is 8.66. The van der Waals surface area contributed by atoms with Gasteiger partial charge in [-0.2, -0.15) is 0 Å². The Morgan fingerprint density at radius 1 is 1.36 bits per heavy atom. The van der Waals surface area contributed by atoms with E-state index >= 15 is 0 Å². The van der Waals surface area contributed by atoms with Gasteiger partial charge in [0.25, 0.3) is 11.9 Å². The van der Waals surface area contributed by atoms with Crippen LogP contribution >= 0.6 is 0 Å². The number of aliphatic imine (C=N–C) groups is 1. The van der Waals surface area contributed by atoms with Crippen molar-refractivity contribution in [2.45, 2.75) is 20.0 Å². The molecule has 0 saturated carbocycles. The molecule has 0 radical (unpaired) electrons. The number of morpholine rings is 1. The fraction of sp³-hybridized carbons (Fsp3) is 0.556. The third-order valence-corrected chi connectivity index (χ3v) is 3.82. The molecular weight excluding hydrogens is 322 g/mol. The maximum atomic E-state index is 12.4. The molecule has 1 fully saturated rings. The molecule has 0 bridgehead atoms. The van der Waals surface area contributed by atoms with Crippen LogP contribution in [0, 0.1) is 0 Å². The number of methoxy groups -OCH3 is 1. The summed E-state index contributed by atoms with van der Waals surface area (Å²) in [5, 5.41) is 2.75. The topological polar surface area (TPSA) is 73.6 Å². The Kier molecular flexibility index (Phi) is 7.69.